The molecule has 2 aromatic carbocycles. The van der Waals surface area contributed by atoms with Crippen LogP contribution in [0.1, 0.15) is 30.9 Å². The van der Waals surface area contributed by atoms with E-state index >= 15 is 0 Å². The first kappa shape index (κ1) is 27.3. The minimum atomic E-state index is -4.64. The van der Waals surface area contributed by atoms with Gasteiger partial charge >= 0.3 is 18.4 Å². The molecule has 1 saturated heterocycles. The first-order chi connectivity index (χ1) is 17.9. The summed E-state index contributed by atoms with van der Waals surface area (Å²) in [7, 11) is 0. The second kappa shape index (κ2) is 11.3. The average Bonchev–Trinajstić information content (AvgIpc) is 2.86. The van der Waals surface area contributed by atoms with E-state index in [2.05, 4.69) is 42.1 Å². The molecule has 38 heavy (non-hydrogen) atoms. The Balaban J connectivity index is 1.49. The molecule has 3 aromatic rings. The summed E-state index contributed by atoms with van der Waals surface area (Å²) in [6.45, 7) is 2.81. The molecule has 0 aliphatic carbocycles. The van der Waals surface area contributed by atoms with Gasteiger partial charge in [0.25, 0.3) is 0 Å². The number of hydrogen-bond acceptors (Lipinski definition) is 7. The summed E-state index contributed by atoms with van der Waals surface area (Å²) in [4.78, 5) is 14.0. The highest BCUT2D eigenvalue weighted by molar-refractivity contribution is 5.56. The van der Waals surface area contributed by atoms with Gasteiger partial charge in [0, 0.05) is 31.0 Å². The molecule has 4 rings (SSSR count). The standard InChI is InChI=1S/C25H26F6N6O/c1-16-4-3-11-37(14-16)20-9-7-17(8-10-20)13-32-21-34-22(36-23(35-21)38-15-24(26,27)28)33-19-6-2-5-18(12-19)25(29,30)31/h2,5-10,12,16H,3-4,11,13-15H2,1H3,(H2,32,33,34,35,36). The first-order valence-electron chi connectivity index (χ1n) is 11.9. The fourth-order valence-corrected chi connectivity index (χ4v) is 4.03. The molecule has 1 aliphatic heterocycles. The quantitative estimate of drug-likeness (QED) is 0.319. The van der Waals surface area contributed by atoms with Gasteiger partial charge < -0.3 is 20.3 Å². The summed E-state index contributed by atoms with van der Waals surface area (Å²) < 4.78 is 81.8. The number of ether oxygens (including phenoxy) is 1. The number of alkyl halides is 6. The van der Waals surface area contributed by atoms with Crippen LogP contribution >= 0.6 is 0 Å². The van der Waals surface area contributed by atoms with E-state index < -0.39 is 30.5 Å². The molecule has 0 radical (unpaired) electrons. The molecule has 1 aromatic heterocycles. The van der Waals surface area contributed by atoms with E-state index in [-0.39, 0.29) is 24.1 Å². The number of anilines is 4. The highest BCUT2D eigenvalue weighted by atomic mass is 19.4. The molecule has 0 spiro atoms. The van der Waals surface area contributed by atoms with Crippen molar-refractivity contribution in [1.29, 1.82) is 0 Å². The topological polar surface area (TPSA) is 75.2 Å². The summed E-state index contributed by atoms with van der Waals surface area (Å²) in [6.07, 6.45) is -6.86. The SMILES string of the molecule is CC1CCCN(c2ccc(CNc3nc(Nc4cccc(C(F)(F)F)c4)nc(OCC(F)(F)F)n3)cc2)C1. The van der Waals surface area contributed by atoms with Crippen molar-refractivity contribution in [2.75, 3.05) is 35.2 Å². The molecule has 2 N–H and O–H groups in total. The molecule has 13 heteroatoms. The summed E-state index contributed by atoms with van der Waals surface area (Å²) >= 11 is 0. The van der Waals surface area contributed by atoms with Gasteiger partial charge in [-0.05, 0) is 54.7 Å². The van der Waals surface area contributed by atoms with Gasteiger partial charge in [0.05, 0.1) is 5.56 Å². The van der Waals surface area contributed by atoms with Gasteiger partial charge in [0.1, 0.15) is 0 Å². The third kappa shape index (κ3) is 7.86. The molecule has 0 bridgehead atoms. The molecule has 1 aliphatic rings. The van der Waals surface area contributed by atoms with Crippen molar-refractivity contribution in [3.63, 3.8) is 0 Å². The van der Waals surface area contributed by atoms with Gasteiger partial charge in [-0.2, -0.15) is 41.3 Å². The number of nitrogens with one attached hydrogen (secondary N) is 2. The van der Waals surface area contributed by atoms with Crippen LogP contribution in [0.3, 0.4) is 0 Å². The van der Waals surface area contributed by atoms with E-state index in [0.717, 1.165) is 42.9 Å². The van der Waals surface area contributed by atoms with E-state index in [1.807, 2.05) is 24.3 Å². The van der Waals surface area contributed by atoms with Gasteiger partial charge in [0.2, 0.25) is 11.9 Å². The number of aromatic nitrogens is 3. The van der Waals surface area contributed by atoms with E-state index in [0.29, 0.717) is 5.92 Å². The van der Waals surface area contributed by atoms with Crippen LogP contribution in [0.5, 0.6) is 6.01 Å². The van der Waals surface area contributed by atoms with E-state index in [9.17, 15) is 26.3 Å². The van der Waals surface area contributed by atoms with Crippen LogP contribution in [0.15, 0.2) is 48.5 Å². The van der Waals surface area contributed by atoms with Crippen LogP contribution in [0.25, 0.3) is 0 Å². The lowest BCUT2D eigenvalue weighted by Crippen LogP contribution is -2.34. The third-order valence-electron chi connectivity index (χ3n) is 5.83. The Bertz CT molecular complexity index is 1220. The largest absolute Gasteiger partial charge is 0.454 e. The average molecular weight is 541 g/mol. The summed E-state index contributed by atoms with van der Waals surface area (Å²) in [5.74, 6) is 0.232. The monoisotopic (exact) mass is 540 g/mol. The van der Waals surface area contributed by atoms with Gasteiger partial charge in [-0.3, -0.25) is 0 Å². The zero-order valence-electron chi connectivity index (χ0n) is 20.4. The molecule has 2 heterocycles. The minimum Gasteiger partial charge on any atom is -0.454 e. The smallest absolute Gasteiger partial charge is 0.422 e. The van der Waals surface area contributed by atoms with Crippen LogP contribution in [-0.2, 0) is 12.7 Å². The lowest BCUT2D eigenvalue weighted by molar-refractivity contribution is -0.154. The Kier molecular flexibility index (Phi) is 8.12. The van der Waals surface area contributed by atoms with Crippen molar-refractivity contribution in [2.45, 2.75) is 38.7 Å². The highest BCUT2D eigenvalue weighted by Gasteiger charge is 2.31. The number of halogens is 6. The maximum Gasteiger partial charge on any atom is 0.422 e. The molecular weight excluding hydrogens is 514 g/mol. The summed E-state index contributed by atoms with van der Waals surface area (Å²) in [5, 5.41) is 5.48. The molecule has 1 unspecified atom stereocenters. The molecule has 0 amide bonds. The van der Waals surface area contributed by atoms with E-state index in [4.69, 9.17) is 0 Å². The Morgan fingerprint density at radius 3 is 2.39 bits per heavy atom. The second-order valence-electron chi connectivity index (χ2n) is 9.09. The summed E-state index contributed by atoms with van der Waals surface area (Å²) in [6, 6.07) is 11.5. The minimum absolute atomic E-state index is 0.0126. The number of rotatable bonds is 8. The predicted molar refractivity (Wildman–Crippen MR) is 130 cm³/mol. The Morgan fingerprint density at radius 2 is 1.71 bits per heavy atom. The summed E-state index contributed by atoms with van der Waals surface area (Å²) in [5.41, 5.74) is 1.05. The van der Waals surface area contributed by atoms with Crippen molar-refractivity contribution >= 4 is 23.3 Å². The zero-order chi connectivity index (χ0) is 27.3. The van der Waals surface area contributed by atoms with Gasteiger partial charge in [-0.15, -0.1) is 0 Å². The fraction of sp³-hybridized carbons (Fsp3) is 0.400. The maximum absolute atomic E-state index is 13.0. The van der Waals surface area contributed by atoms with E-state index in [1.54, 1.807) is 0 Å². The van der Waals surface area contributed by atoms with Gasteiger partial charge in [-0.1, -0.05) is 25.1 Å². The number of piperidine rings is 1. The van der Waals surface area contributed by atoms with Crippen molar-refractivity contribution in [3.8, 4) is 6.01 Å². The third-order valence-corrected chi connectivity index (χ3v) is 5.83. The Hall–Kier alpha value is -3.77. The Morgan fingerprint density at radius 1 is 0.974 bits per heavy atom. The number of hydrogen-bond donors (Lipinski definition) is 2. The lowest BCUT2D eigenvalue weighted by atomic mass is 9.99. The Labute approximate surface area is 215 Å². The van der Waals surface area contributed by atoms with Crippen LogP contribution in [0.4, 0.5) is 49.6 Å². The van der Waals surface area contributed by atoms with Crippen molar-refractivity contribution < 1.29 is 31.1 Å². The number of nitrogens with zero attached hydrogens (tertiary/aromatic N) is 4. The van der Waals surface area contributed by atoms with Crippen LogP contribution in [0, 0.1) is 5.92 Å². The first-order valence-corrected chi connectivity index (χ1v) is 11.9. The second-order valence-corrected chi connectivity index (χ2v) is 9.09. The van der Waals surface area contributed by atoms with E-state index in [1.165, 1.54) is 18.6 Å². The fourth-order valence-electron chi connectivity index (χ4n) is 4.03. The van der Waals surface area contributed by atoms with Crippen LogP contribution in [-0.4, -0.2) is 40.8 Å². The molecule has 1 atom stereocenters. The molecule has 7 nitrogen and oxygen atoms in total. The van der Waals surface area contributed by atoms with Crippen molar-refractivity contribution in [3.05, 3.63) is 59.7 Å². The molecule has 0 saturated carbocycles. The van der Waals surface area contributed by atoms with Crippen molar-refractivity contribution in [1.82, 2.24) is 15.0 Å². The molecule has 204 valence electrons. The zero-order valence-corrected chi connectivity index (χ0v) is 20.4. The number of benzene rings is 2. The molecule has 1 fully saturated rings. The normalized spacial score (nSPS) is 16.3. The maximum atomic E-state index is 13.0. The van der Waals surface area contributed by atoms with Gasteiger partial charge in [0.15, 0.2) is 6.61 Å². The highest BCUT2D eigenvalue weighted by Crippen LogP contribution is 2.31. The van der Waals surface area contributed by atoms with Gasteiger partial charge in [-0.25, -0.2) is 0 Å². The predicted octanol–water partition coefficient (Wildman–Crippen LogP) is 6.42. The van der Waals surface area contributed by atoms with Crippen LogP contribution < -0.4 is 20.3 Å². The van der Waals surface area contributed by atoms with Crippen molar-refractivity contribution in [2.24, 2.45) is 5.92 Å². The lowest BCUT2D eigenvalue weighted by Gasteiger charge is -2.32. The molecular formula is C25H26F6N6O. The van der Waals surface area contributed by atoms with Crippen LogP contribution in [0.2, 0.25) is 0 Å².